The van der Waals surface area contributed by atoms with Crippen LogP contribution in [-0.4, -0.2) is 80.6 Å². The first kappa shape index (κ1) is 44.3. The van der Waals surface area contributed by atoms with Crippen LogP contribution in [0.4, 0.5) is 0 Å². The molecule has 0 spiro atoms. The highest BCUT2D eigenvalue weighted by molar-refractivity contribution is 5.72. The number of unbranched alkanes of at least 4 members (excludes halogenated alkanes) is 20. The molecule has 0 saturated heterocycles. The molecule has 0 aromatic rings. The Morgan fingerprint density at radius 2 is 0.957 bits per heavy atom. The zero-order chi connectivity index (χ0) is 34.3. The third kappa shape index (κ3) is 28.5. The van der Waals surface area contributed by atoms with Crippen LogP contribution >= 0.6 is 0 Å². The molecule has 272 valence electrons. The molecule has 0 rings (SSSR count). The Hall–Kier alpha value is -1.67. The molecule has 0 heterocycles. The van der Waals surface area contributed by atoms with Crippen LogP contribution in [0.5, 0.6) is 0 Å². The number of rotatable bonds is 34. The summed E-state index contributed by atoms with van der Waals surface area (Å²) in [5.41, 5.74) is 0. The van der Waals surface area contributed by atoms with E-state index in [9.17, 15) is 19.5 Å². The summed E-state index contributed by atoms with van der Waals surface area (Å²) in [5, 5.41) is 9.52. The zero-order valence-corrected chi connectivity index (χ0v) is 30.8. The van der Waals surface area contributed by atoms with Crippen LogP contribution < -0.4 is 0 Å². The predicted molar refractivity (Wildman–Crippen MR) is 188 cm³/mol. The predicted octanol–water partition coefficient (Wildman–Crippen LogP) is 9.41. The fraction of sp³-hybridized carbons (Fsp3) is 0.921. The van der Waals surface area contributed by atoms with Gasteiger partial charge in [-0.25, -0.2) is 4.79 Å². The van der Waals surface area contributed by atoms with E-state index in [1.54, 1.807) is 0 Å². The van der Waals surface area contributed by atoms with E-state index < -0.39 is 18.1 Å². The lowest BCUT2D eigenvalue weighted by Crippen LogP contribution is -2.50. The van der Waals surface area contributed by atoms with Crippen LogP contribution in [0.3, 0.4) is 0 Å². The monoisotopic (exact) mass is 657 g/mol. The van der Waals surface area contributed by atoms with Crippen LogP contribution in [0, 0.1) is 0 Å². The van der Waals surface area contributed by atoms with Crippen molar-refractivity contribution in [3.63, 3.8) is 0 Å². The summed E-state index contributed by atoms with van der Waals surface area (Å²) < 4.78 is 17.0. The second kappa shape index (κ2) is 30.7. The van der Waals surface area contributed by atoms with Gasteiger partial charge in [0.1, 0.15) is 6.61 Å². The molecule has 0 aliphatic rings. The highest BCUT2D eigenvalue weighted by atomic mass is 16.6. The lowest BCUT2D eigenvalue weighted by atomic mass is 10.0. The van der Waals surface area contributed by atoms with Gasteiger partial charge < -0.3 is 23.8 Å². The summed E-state index contributed by atoms with van der Waals surface area (Å²) in [6, 6.07) is -0.605. The average molecular weight is 657 g/mol. The highest BCUT2D eigenvalue weighted by Crippen LogP contribution is 2.15. The number of carboxylic acid groups (broad SMARTS) is 1. The Labute approximate surface area is 283 Å². The van der Waals surface area contributed by atoms with Crippen molar-refractivity contribution >= 4 is 17.9 Å². The maximum Gasteiger partial charge on any atom is 0.362 e. The van der Waals surface area contributed by atoms with Gasteiger partial charge in [0.05, 0.1) is 34.4 Å². The van der Waals surface area contributed by atoms with Crippen LogP contribution in [0.2, 0.25) is 0 Å². The summed E-state index contributed by atoms with van der Waals surface area (Å²) >= 11 is 0. The molecule has 0 aromatic carbocycles. The SMILES string of the molecule is CCCCCCCCCCCCCCCCCCCCCC(=O)OC(COCCC(C(=O)O)[N+](C)(C)C)COC(=O)CCCCC. The topological polar surface area (TPSA) is 99.1 Å². The normalized spacial score (nSPS) is 13.0. The Bertz CT molecular complexity index is 737. The fourth-order valence-corrected chi connectivity index (χ4v) is 5.74. The van der Waals surface area contributed by atoms with E-state index in [0.29, 0.717) is 19.3 Å². The van der Waals surface area contributed by atoms with E-state index >= 15 is 0 Å². The minimum absolute atomic E-state index is 0.0480. The van der Waals surface area contributed by atoms with E-state index in [0.717, 1.165) is 38.5 Å². The zero-order valence-electron chi connectivity index (χ0n) is 30.8. The Morgan fingerprint density at radius 1 is 0.565 bits per heavy atom. The average Bonchev–Trinajstić information content (AvgIpc) is 3.00. The lowest BCUT2D eigenvalue weighted by molar-refractivity contribution is -0.887. The van der Waals surface area contributed by atoms with Crippen molar-refractivity contribution < 1.29 is 38.2 Å². The van der Waals surface area contributed by atoms with Gasteiger partial charge in [0.15, 0.2) is 12.1 Å². The molecule has 0 radical (unpaired) electrons. The smallest absolute Gasteiger partial charge is 0.362 e. The summed E-state index contributed by atoms with van der Waals surface area (Å²) in [6.45, 7) is 4.58. The van der Waals surface area contributed by atoms with Gasteiger partial charge in [0.25, 0.3) is 0 Å². The van der Waals surface area contributed by atoms with Gasteiger partial charge in [0, 0.05) is 19.3 Å². The molecule has 0 saturated carbocycles. The van der Waals surface area contributed by atoms with Crippen LogP contribution in [-0.2, 0) is 28.6 Å². The summed E-state index contributed by atoms with van der Waals surface area (Å²) in [5.74, 6) is -1.48. The number of carbonyl (C=O) groups excluding carboxylic acids is 2. The molecule has 0 aliphatic carbocycles. The summed E-state index contributed by atoms with van der Waals surface area (Å²) in [7, 11) is 5.51. The quantitative estimate of drug-likeness (QED) is 0.0418. The number of quaternary nitrogens is 1. The van der Waals surface area contributed by atoms with Gasteiger partial charge >= 0.3 is 17.9 Å². The standard InChI is InChI=1S/C38H73NO7/c1-6-8-10-11-12-13-14-15-16-17-18-19-20-21-22-23-24-25-27-29-37(41)46-34(33-45-36(40)28-26-9-7-2)32-44-31-30-35(38(42)43)39(3,4)5/h34-35H,6-33H2,1-5H3/p+1. The van der Waals surface area contributed by atoms with Crippen LogP contribution in [0.15, 0.2) is 0 Å². The van der Waals surface area contributed by atoms with Gasteiger partial charge in [-0.05, 0) is 12.8 Å². The van der Waals surface area contributed by atoms with Gasteiger partial charge in [-0.3, -0.25) is 9.59 Å². The van der Waals surface area contributed by atoms with Gasteiger partial charge in [-0.2, -0.15) is 0 Å². The summed E-state index contributed by atoms with van der Waals surface area (Å²) in [4.78, 5) is 36.3. The molecule has 0 fully saturated rings. The first-order valence-electron chi connectivity index (χ1n) is 19.1. The van der Waals surface area contributed by atoms with Crippen molar-refractivity contribution in [2.45, 2.75) is 187 Å². The van der Waals surface area contributed by atoms with Gasteiger partial charge in [-0.1, -0.05) is 142 Å². The van der Waals surface area contributed by atoms with Crippen molar-refractivity contribution in [3.05, 3.63) is 0 Å². The number of likely N-dealkylation sites (N-methyl/N-ethyl adjacent to an activating group) is 1. The lowest BCUT2D eigenvalue weighted by Gasteiger charge is -2.31. The van der Waals surface area contributed by atoms with Crippen molar-refractivity contribution in [1.29, 1.82) is 0 Å². The third-order valence-corrected chi connectivity index (χ3v) is 8.76. The van der Waals surface area contributed by atoms with E-state index in [1.165, 1.54) is 103 Å². The molecule has 0 aliphatic heterocycles. The minimum atomic E-state index is -0.875. The number of carboxylic acids is 1. The first-order valence-corrected chi connectivity index (χ1v) is 19.1. The first-order chi connectivity index (χ1) is 22.1. The second-order valence-corrected chi connectivity index (χ2v) is 14.2. The number of esters is 2. The molecule has 2 atom stereocenters. The molecule has 0 bridgehead atoms. The van der Waals surface area contributed by atoms with Crippen molar-refractivity contribution in [2.75, 3.05) is 41.0 Å². The third-order valence-electron chi connectivity index (χ3n) is 8.76. The maximum absolute atomic E-state index is 12.6. The molecule has 0 amide bonds. The van der Waals surface area contributed by atoms with Crippen molar-refractivity contribution in [3.8, 4) is 0 Å². The van der Waals surface area contributed by atoms with Crippen molar-refractivity contribution in [1.82, 2.24) is 0 Å². The number of nitrogens with zero attached hydrogens (tertiary/aromatic N) is 1. The minimum Gasteiger partial charge on any atom is -0.477 e. The molecule has 46 heavy (non-hydrogen) atoms. The van der Waals surface area contributed by atoms with E-state index in [4.69, 9.17) is 14.2 Å². The summed E-state index contributed by atoms with van der Waals surface area (Å²) in [6.07, 6.45) is 27.9. The number of ether oxygens (including phenoxy) is 3. The van der Waals surface area contributed by atoms with Crippen LogP contribution in [0.1, 0.15) is 174 Å². The van der Waals surface area contributed by atoms with E-state index in [2.05, 4.69) is 13.8 Å². The molecule has 0 aromatic heterocycles. The number of aliphatic carboxylic acids is 1. The Balaban J connectivity index is 4.07. The van der Waals surface area contributed by atoms with Crippen molar-refractivity contribution in [2.24, 2.45) is 0 Å². The Kier molecular flexibility index (Phi) is 29.5. The number of hydrogen-bond donors (Lipinski definition) is 1. The highest BCUT2D eigenvalue weighted by Gasteiger charge is 2.31. The van der Waals surface area contributed by atoms with Crippen LogP contribution in [0.25, 0.3) is 0 Å². The maximum atomic E-state index is 12.6. The number of carbonyl (C=O) groups is 3. The number of hydrogen-bond acceptors (Lipinski definition) is 6. The molecule has 2 unspecified atom stereocenters. The molecular formula is C38H74NO7+. The second-order valence-electron chi connectivity index (χ2n) is 14.2. The molecule has 1 N–H and O–H groups in total. The fourth-order valence-electron chi connectivity index (χ4n) is 5.74. The van der Waals surface area contributed by atoms with E-state index in [-0.39, 0.29) is 36.2 Å². The van der Waals surface area contributed by atoms with Gasteiger partial charge in [-0.15, -0.1) is 0 Å². The van der Waals surface area contributed by atoms with E-state index in [1.807, 2.05) is 21.1 Å². The van der Waals surface area contributed by atoms with Gasteiger partial charge in [0.2, 0.25) is 0 Å². The molecule has 8 heteroatoms. The molecule has 8 nitrogen and oxygen atoms in total. The largest absolute Gasteiger partial charge is 0.477 e. The molecular weight excluding hydrogens is 582 g/mol. The Morgan fingerprint density at radius 3 is 1.39 bits per heavy atom.